The number of nitrogens with zero attached hydrogens (tertiary/aromatic N) is 5. The van der Waals surface area contributed by atoms with Crippen molar-refractivity contribution in [2.24, 2.45) is 7.05 Å². The number of pyridine rings is 2. The molecular weight excluding hydrogens is 486 g/mol. The molecule has 0 saturated carbocycles. The SMILES string of the molecule is CCOC(C)=O.Cn1c2ccccc2n2c3nc(N4CCN(C(=O)OC(C)(C)C)CC4)ccc3c(=O)cc12. The molecule has 1 aliphatic heterocycles. The van der Waals surface area contributed by atoms with Crippen molar-refractivity contribution in [1.82, 2.24) is 18.9 Å². The lowest BCUT2D eigenvalue weighted by Gasteiger charge is -2.36. The largest absolute Gasteiger partial charge is 0.466 e. The van der Waals surface area contributed by atoms with E-state index in [9.17, 15) is 14.4 Å². The van der Waals surface area contributed by atoms with Gasteiger partial charge in [0.05, 0.1) is 23.0 Å². The van der Waals surface area contributed by atoms with Crippen LogP contribution in [0.1, 0.15) is 34.6 Å². The Morgan fingerprint density at radius 2 is 1.66 bits per heavy atom. The van der Waals surface area contributed by atoms with E-state index in [4.69, 9.17) is 9.72 Å². The Balaban J connectivity index is 0.000000505. The number of piperazine rings is 1. The summed E-state index contributed by atoms with van der Waals surface area (Å²) in [7, 11) is 1.96. The minimum Gasteiger partial charge on any atom is -0.466 e. The Kier molecular flexibility index (Phi) is 7.61. The van der Waals surface area contributed by atoms with Crippen LogP contribution in [0.25, 0.3) is 27.7 Å². The molecule has 5 rings (SSSR count). The van der Waals surface area contributed by atoms with Gasteiger partial charge in [-0.3, -0.25) is 14.0 Å². The van der Waals surface area contributed by atoms with Crippen molar-refractivity contribution in [1.29, 1.82) is 0 Å². The van der Waals surface area contributed by atoms with Gasteiger partial charge in [0, 0.05) is 46.2 Å². The maximum absolute atomic E-state index is 12.8. The molecule has 0 radical (unpaired) electrons. The second-order valence-corrected chi connectivity index (χ2v) is 10.2. The highest BCUT2D eigenvalue weighted by atomic mass is 16.6. The smallest absolute Gasteiger partial charge is 0.410 e. The zero-order chi connectivity index (χ0) is 27.6. The number of anilines is 1. The quantitative estimate of drug-likeness (QED) is 0.368. The van der Waals surface area contributed by atoms with Gasteiger partial charge in [-0.2, -0.15) is 0 Å². The number of rotatable bonds is 2. The summed E-state index contributed by atoms with van der Waals surface area (Å²) in [5, 5.41) is 0.593. The fourth-order valence-corrected chi connectivity index (χ4v) is 4.54. The summed E-state index contributed by atoms with van der Waals surface area (Å²) in [6, 6.07) is 13.5. The number of amides is 1. The third-order valence-corrected chi connectivity index (χ3v) is 6.26. The van der Waals surface area contributed by atoms with Crippen molar-refractivity contribution < 1.29 is 19.1 Å². The molecule has 0 atom stereocenters. The highest BCUT2D eigenvalue weighted by Gasteiger charge is 2.26. The van der Waals surface area contributed by atoms with Crippen LogP contribution < -0.4 is 10.3 Å². The number of aromatic nitrogens is 3. The maximum atomic E-state index is 12.8. The second-order valence-electron chi connectivity index (χ2n) is 10.2. The fourth-order valence-electron chi connectivity index (χ4n) is 4.54. The van der Waals surface area contributed by atoms with E-state index in [1.54, 1.807) is 17.9 Å². The van der Waals surface area contributed by atoms with Gasteiger partial charge in [0.1, 0.15) is 17.1 Å². The van der Waals surface area contributed by atoms with Gasteiger partial charge in [0.2, 0.25) is 0 Å². The maximum Gasteiger partial charge on any atom is 0.410 e. The molecule has 10 nitrogen and oxygen atoms in total. The zero-order valence-corrected chi connectivity index (χ0v) is 22.9. The summed E-state index contributed by atoms with van der Waals surface area (Å²) < 4.78 is 14.0. The van der Waals surface area contributed by atoms with Crippen LogP contribution in [-0.4, -0.2) is 69.3 Å². The first-order chi connectivity index (χ1) is 18.0. The van der Waals surface area contributed by atoms with Crippen molar-refractivity contribution in [3.63, 3.8) is 0 Å². The molecule has 38 heavy (non-hydrogen) atoms. The van der Waals surface area contributed by atoms with Gasteiger partial charge in [-0.15, -0.1) is 0 Å². The number of ether oxygens (including phenoxy) is 2. The van der Waals surface area contributed by atoms with Crippen molar-refractivity contribution in [3.05, 3.63) is 52.7 Å². The number of benzene rings is 1. The molecule has 1 amide bonds. The van der Waals surface area contributed by atoms with Gasteiger partial charge in [0.15, 0.2) is 11.1 Å². The van der Waals surface area contributed by atoms with E-state index in [1.807, 2.05) is 73.2 Å². The molecule has 4 aromatic rings. The van der Waals surface area contributed by atoms with Crippen LogP contribution in [0.2, 0.25) is 0 Å². The van der Waals surface area contributed by atoms with Crippen molar-refractivity contribution in [2.45, 2.75) is 40.2 Å². The topological polar surface area (TPSA) is 98.4 Å². The number of esters is 1. The standard InChI is InChI=1S/C24H27N5O3.C4H8O2/c1-24(2,3)32-23(31)28-13-11-27(12-14-28)20-10-9-16-19(30)15-21-26(4)17-7-5-6-8-18(17)29(21)22(16)25-20;1-3-6-4(2)5/h5-10,15H,11-14H2,1-4H3;3H2,1-2H3. The highest BCUT2D eigenvalue weighted by molar-refractivity contribution is 5.90. The summed E-state index contributed by atoms with van der Waals surface area (Å²) in [6.07, 6.45) is -0.285. The van der Waals surface area contributed by atoms with E-state index in [0.717, 1.165) is 22.5 Å². The Morgan fingerprint density at radius 3 is 2.24 bits per heavy atom. The lowest BCUT2D eigenvalue weighted by molar-refractivity contribution is -0.140. The average Bonchev–Trinajstić information content (AvgIpc) is 3.15. The molecule has 1 aliphatic rings. The van der Waals surface area contributed by atoms with Crippen LogP contribution in [0, 0.1) is 0 Å². The molecule has 10 heteroatoms. The Bertz CT molecular complexity index is 1540. The average molecular weight is 522 g/mol. The highest BCUT2D eigenvalue weighted by Crippen LogP contribution is 2.25. The van der Waals surface area contributed by atoms with E-state index in [0.29, 0.717) is 43.8 Å². The summed E-state index contributed by atoms with van der Waals surface area (Å²) in [4.78, 5) is 43.8. The molecule has 0 spiro atoms. The predicted octanol–water partition coefficient (Wildman–Crippen LogP) is 3.97. The van der Waals surface area contributed by atoms with E-state index in [2.05, 4.69) is 9.64 Å². The molecule has 1 aromatic carbocycles. The molecule has 1 fully saturated rings. The minimum absolute atomic E-state index is 0.0419. The molecule has 0 unspecified atom stereocenters. The van der Waals surface area contributed by atoms with Crippen molar-refractivity contribution in [2.75, 3.05) is 37.7 Å². The summed E-state index contributed by atoms with van der Waals surface area (Å²) >= 11 is 0. The second kappa shape index (κ2) is 10.7. The zero-order valence-electron chi connectivity index (χ0n) is 22.9. The molecule has 3 aromatic heterocycles. The van der Waals surface area contributed by atoms with Crippen LogP contribution in [0.3, 0.4) is 0 Å². The van der Waals surface area contributed by atoms with Gasteiger partial charge in [-0.1, -0.05) is 12.1 Å². The van der Waals surface area contributed by atoms with Crippen LogP contribution in [0.5, 0.6) is 0 Å². The third-order valence-electron chi connectivity index (χ3n) is 6.26. The van der Waals surface area contributed by atoms with Gasteiger partial charge in [-0.05, 0) is 52.0 Å². The van der Waals surface area contributed by atoms with Crippen molar-refractivity contribution in [3.8, 4) is 0 Å². The third kappa shape index (κ3) is 5.58. The van der Waals surface area contributed by atoms with E-state index >= 15 is 0 Å². The van der Waals surface area contributed by atoms with Crippen LogP contribution in [-0.2, 0) is 21.3 Å². The molecule has 0 bridgehead atoms. The first-order valence-electron chi connectivity index (χ1n) is 12.8. The number of carbonyl (C=O) groups excluding carboxylic acids is 2. The van der Waals surface area contributed by atoms with E-state index in [-0.39, 0.29) is 17.5 Å². The van der Waals surface area contributed by atoms with Gasteiger partial charge in [-0.25, -0.2) is 9.78 Å². The number of imidazole rings is 1. The normalized spacial score (nSPS) is 13.9. The first kappa shape index (κ1) is 27.0. The fraction of sp³-hybridized carbons (Fsp3) is 0.429. The van der Waals surface area contributed by atoms with Gasteiger partial charge < -0.3 is 23.8 Å². The number of hydrogen-bond acceptors (Lipinski definition) is 7. The van der Waals surface area contributed by atoms with Crippen LogP contribution >= 0.6 is 0 Å². The summed E-state index contributed by atoms with van der Waals surface area (Å²) in [6.45, 7) is 11.7. The van der Waals surface area contributed by atoms with Crippen LogP contribution in [0.4, 0.5) is 10.6 Å². The van der Waals surface area contributed by atoms with Crippen molar-refractivity contribution >= 4 is 45.6 Å². The minimum atomic E-state index is -0.509. The number of aryl methyl sites for hydroxylation is 1. The summed E-state index contributed by atoms with van der Waals surface area (Å²) in [5.74, 6) is 0.589. The first-order valence-corrected chi connectivity index (χ1v) is 12.8. The molecule has 0 N–H and O–H groups in total. The number of para-hydroxylation sites is 2. The lowest BCUT2D eigenvalue weighted by atomic mass is 10.2. The Morgan fingerprint density at radius 1 is 1.00 bits per heavy atom. The number of hydrogen-bond donors (Lipinski definition) is 0. The molecule has 0 aliphatic carbocycles. The monoisotopic (exact) mass is 521 g/mol. The molecular formula is C28H35N5O5. The molecule has 1 saturated heterocycles. The Labute approximate surface area is 221 Å². The summed E-state index contributed by atoms with van der Waals surface area (Å²) in [5.41, 5.74) is 2.96. The number of fused-ring (bicyclic) bond motifs is 5. The lowest BCUT2D eigenvalue weighted by Crippen LogP contribution is -2.50. The van der Waals surface area contributed by atoms with Gasteiger partial charge >= 0.3 is 12.1 Å². The molecule has 4 heterocycles. The van der Waals surface area contributed by atoms with Crippen LogP contribution in [0.15, 0.2) is 47.3 Å². The molecule has 202 valence electrons. The Hall–Kier alpha value is -4.08. The van der Waals surface area contributed by atoms with E-state index < -0.39 is 5.60 Å². The predicted molar refractivity (Wildman–Crippen MR) is 148 cm³/mol. The van der Waals surface area contributed by atoms with Gasteiger partial charge in [0.25, 0.3) is 0 Å². The van der Waals surface area contributed by atoms with E-state index in [1.165, 1.54) is 6.92 Å². The number of carbonyl (C=O) groups is 2.